The van der Waals surface area contributed by atoms with Crippen LogP contribution in [0.1, 0.15) is 226 Å². The molecule has 2 saturated heterocycles. The van der Waals surface area contributed by atoms with Gasteiger partial charge in [-0.3, -0.25) is 4.79 Å². The molecular formula is C57H105NO13. The molecule has 71 heavy (non-hydrogen) atoms. The molecule has 12 unspecified atom stereocenters. The average molecular weight is 1010 g/mol. The Labute approximate surface area is 430 Å². The molecule has 12 atom stereocenters. The maximum Gasteiger partial charge on any atom is 0.220 e. The van der Waals surface area contributed by atoms with Gasteiger partial charge in [-0.1, -0.05) is 204 Å². The fourth-order valence-electron chi connectivity index (χ4n) is 9.42. The minimum atomic E-state index is -1.78. The Morgan fingerprint density at radius 3 is 1.45 bits per heavy atom. The van der Waals surface area contributed by atoms with Crippen molar-refractivity contribution in [3.8, 4) is 0 Å². The van der Waals surface area contributed by atoms with Crippen LogP contribution in [0.4, 0.5) is 0 Å². The van der Waals surface area contributed by atoms with Gasteiger partial charge in [0.25, 0.3) is 0 Å². The number of carbonyl (C=O) groups is 1. The van der Waals surface area contributed by atoms with Gasteiger partial charge in [-0.2, -0.15) is 0 Å². The summed E-state index contributed by atoms with van der Waals surface area (Å²) in [6.45, 7) is 2.83. The Morgan fingerprint density at radius 2 is 0.930 bits per heavy atom. The first kappa shape index (κ1) is 65.3. The molecule has 0 bridgehead atoms. The van der Waals surface area contributed by atoms with Crippen LogP contribution in [0.3, 0.4) is 0 Å². The molecular weight excluding hydrogens is 907 g/mol. The molecule has 9 N–H and O–H groups in total. The Balaban J connectivity index is 1.79. The monoisotopic (exact) mass is 1010 g/mol. The molecule has 2 aliphatic heterocycles. The van der Waals surface area contributed by atoms with Gasteiger partial charge in [-0.15, -0.1) is 0 Å². The summed E-state index contributed by atoms with van der Waals surface area (Å²) in [6, 6.07) is -0.836. The molecule has 14 heteroatoms. The smallest absolute Gasteiger partial charge is 0.220 e. The lowest BCUT2D eigenvalue weighted by atomic mass is 9.97. The van der Waals surface area contributed by atoms with Crippen molar-refractivity contribution in [2.24, 2.45) is 0 Å². The average Bonchev–Trinajstić information content (AvgIpc) is 3.37. The second kappa shape index (κ2) is 43.4. The molecule has 2 fully saturated rings. The number of aliphatic hydroxyl groups is 8. The molecule has 0 saturated carbocycles. The van der Waals surface area contributed by atoms with E-state index in [1.807, 2.05) is 0 Å². The Bertz CT molecular complexity index is 1330. The molecule has 416 valence electrons. The van der Waals surface area contributed by atoms with Crippen LogP contribution in [0.2, 0.25) is 0 Å². The number of rotatable bonds is 45. The third-order valence-corrected chi connectivity index (χ3v) is 14.1. The van der Waals surface area contributed by atoms with E-state index in [9.17, 15) is 45.6 Å². The van der Waals surface area contributed by atoms with E-state index in [0.29, 0.717) is 12.8 Å². The highest BCUT2D eigenvalue weighted by atomic mass is 16.7. The predicted molar refractivity (Wildman–Crippen MR) is 281 cm³/mol. The quantitative estimate of drug-likeness (QED) is 0.0205. The number of hydrogen-bond acceptors (Lipinski definition) is 13. The van der Waals surface area contributed by atoms with Crippen LogP contribution >= 0.6 is 0 Å². The molecule has 0 aromatic heterocycles. The molecule has 14 nitrogen and oxygen atoms in total. The number of allylic oxidation sites excluding steroid dienone is 6. The van der Waals surface area contributed by atoms with Gasteiger partial charge in [0.15, 0.2) is 12.6 Å². The first-order valence-electron chi connectivity index (χ1n) is 28.7. The zero-order valence-corrected chi connectivity index (χ0v) is 44.5. The third-order valence-electron chi connectivity index (χ3n) is 14.1. The van der Waals surface area contributed by atoms with Crippen LogP contribution in [0, 0.1) is 0 Å². The maximum absolute atomic E-state index is 13.2. The van der Waals surface area contributed by atoms with Crippen molar-refractivity contribution in [2.75, 3.05) is 19.8 Å². The first-order chi connectivity index (χ1) is 34.6. The molecule has 0 radical (unpaired) electrons. The molecule has 0 aliphatic carbocycles. The Morgan fingerprint density at radius 1 is 0.507 bits per heavy atom. The summed E-state index contributed by atoms with van der Waals surface area (Å²) in [5.41, 5.74) is 0. The molecule has 1 amide bonds. The van der Waals surface area contributed by atoms with E-state index in [0.717, 1.165) is 77.0 Å². The standard InChI is InChI=1S/C57H105NO13/c1-3-5-7-9-11-13-15-17-19-21-23-25-27-29-31-33-35-37-39-41-49(62)58-45(46(61)40-38-36-34-32-30-28-26-24-22-20-18-16-14-12-10-8-6-4-2)44-68-56-54(67)52(65)55(48(43-60)70-56)71-57-53(66)51(64)50(63)47(42-59)69-57/h11,13,17,19,23,25,45-48,50-57,59-61,63-67H,3-10,12,14-16,18,20-22,24,26-44H2,1-2H3,(H,58,62)/b13-11-,19-17-,25-23-. The van der Waals surface area contributed by atoms with Gasteiger partial charge in [0.05, 0.1) is 32.0 Å². The van der Waals surface area contributed by atoms with E-state index >= 15 is 0 Å². The number of ether oxygens (including phenoxy) is 4. The van der Waals surface area contributed by atoms with E-state index < -0.39 is 86.8 Å². The molecule has 0 aromatic rings. The number of nitrogens with one attached hydrogen (secondary N) is 1. The zero-order chi connectivity index (χ0) is 51.7. The molecule has 2 aliphatic rings. The highest BCUT2D eigenvalue weighted by molar-refractivity contribution is 5.76. The number of unbranched alkanes of at least 4 members (excludes halogenated alkanes) is 26. The van der Waals surface area contributed by atoms with Gasteiger partial charge in [0, 0.05) is 6.42 Å². The van der Waals surface area contributed by atoms with Crippen molar-refractivity contribution in [1.82, 2.24) is 5.32 Å². The van der Waals surface area contributed by atoms with E-state index in [-0.39, 0.29) is 18.9 Å². The van der Waals surface area contributed by atoms with E-state index in [1.165, 1.54) is 116 Å². The summed E-state index contributed by atoms with van der Waals surface area (Å²) in [4.78, 5) is 13.2. The zero-order valence-electron chi connectivity index (χ0n) is 44.5. The lowest BCUT2D eigenvalue weighted by Gasteiger charge is -2.46. The lowest BCUT2D eigenvalue weighted by molar-refractivity contribution is -0.359. The molecule has 2 rings (SSSR count). The van der Waals surface area contributed by atoms with Crippen molar-refractivity contribution in [3.63, 3.8) is 0 Å². The van der Waals surface area contributed by atoms with Gasteiger partial charge in [0.1, 0.15) is 48.8 Å². The minimum Gasteiger partial charge on any atom is -0.394 e. The largest absolute Gasteiger partial charge is 0.394 e. The summed E-state index contributed by atoms with van der Waals surface area (Å²) in [5.74, 6) is -0.219. The van der Waals surface area contributed by atoms with Crippen molar-refractivity contribution in [3.05, 3.63) is 36.5 Å². The summed E-state index contributed by atoms with van der Waals surface area (Å²) in [5, 5.41) is 87.2. The van der Waals surface area contributed by atoms with Crippen molar-refractivity contribution < 1.29 is 64.6 Å². The lowest BCUT2D eigenvalue weighted by Crippen LogP contribution is -2.65. The number of hydrogen-bond donors (Lipinski definition) is 9. The number of aliphatic hydroxyl groups excluding tert-OH is 8. The van der Waals surface area contributed by atoms with Crippen molar-refractivity contribution in [1.29, 1.82) is 0 Å². The van der Waals surface area contributed by atoms with E-state index in [2.05, 4.69) is 55.6 Å². The van der Waals surface area contributed by atoms with Crippen LogP contribution in [-0.4, -0.2) is 140 Å². The third kappa shape index (κ3) is 29.8. The highest BCUT2D eigenvalue weighted by Gasteiger charge is 2.51. The van der Waals surface area contributed by atoms with Crippen LogP contribution < -0.4 is 5.32 Å². The van der Waals surface area contributed by atoms with Crippen molar-refractivity contribution in [2.45, 2.75) is 299 Å². The number of amides is 1. The Hall–Kier alpha value is -1.79. The van der Waals surface area contributed by atoms with Gasteiger partial charge in [0.2, 0.25) is 5.91 Å². The van der Waals surface area contributed by atoms with Crippen LogP contribution in [0.25, 0.3) is 0 Å². The van der Waals surface area contributed by atoms with Gasteiger partial charge in [-0.25, -0.2) is 0 Å². The van der Waals surface area contributed by atoms with Gasteiger partial charge >= 0.3 is 0 Å². The predicted octanol–water partition coefficient (Wildman–Crippen LogP) is 9.05. The molecule has 0 aromatic carbocycles. The SMILES string of the molecule is CCCCC/C=C\C/C=C\C/C=C\CCCCCCCCC(=O)NC(COC1OC(CO)C(OC2OC(CO)C(O)C(O)C2O)C(O)C1O)C(O)CCCCCCCCCCCCCCCCCCCC. The normalized spacial score (nSPS) is 26.0. The summed E-state index contributed by atoms with van der Waals surface area (Å²) >= 11 is 0. The van der Waals surface area contributed by atoms with Gasteiger partial charge < -0.3 is 65.1 Å². The van der Waals surface area contributed by atoms with E-state index in [1.54, 1.807) is 0 Å². The van der Waals surface area contributed by atoms with E-state index in [4.69, 9.17) is 18.9 Å². The number of carbonyl (C=O) groups excluding carboxylic acids is 1. The van der Waals surface area contributed by atoms with Crippen LogP contribution in [-0.2, 0) is 23.7 Å². The second-order valence-electron chi connectivity index (χ2n) is 20.4. The fourth-order valence-corrected chi connectivity index (χ4v) is 9.42. The topological polar surface area (TPSA) is 228 Å². The molecule has 2 heterocycles. The van der Waals surface area contributed by atoms with Crippen LogP contribution in [0.15, 0.2) is 36.5 Å². The molecule has 0 spiro atoms. The highest BCUT2D eigenvalue weighted by Crippen LogP contribution is 2.30. The maximum atomic E-state index is 13.2. The second-order valence-corrected chi connectivity index (χ2v) is 20.4. The van der Waals surface area contributed by atoms with Crippen LogP contribution in [0.5, 0.6) is 0 Å². The van der Waals surface area contributed by atoms with Gasteiger partial charge in [-0.05, 0) is 51.4 Å². The van der Waals surface area contributed by atoms with Crippen molar-refractivity contribution >= 4 is 5.91 Å². The summed E-state index contributed by atoms with van der Waals surface area (Å²) < 4.78 is 22.8. The Kier molecular flexibility index (Phi) is 40.0. The summed E-state index contributed by atoms with van der Waals surface area (Å²) in [6.07, 6.45) is 34.2. The fraction of sp³-hybridized carbons (Fsp3) is 0.877. The first-order valence-corrected chi connectivity index (χ1v) is 28.7. The minimum absolute atomic E-state index is 0.219. The summed E-state index contributed by atoms with van der Waals surface area (Å²) in [7, 11) is 0.